The number of nitrogens with zero attached hydrogens (tertiary/aromatic N) is 3. The second-order valence-electron chi connectivity index (χ2n) is 7.08. The maximum atomic E-state index is 12.5. The van der Waals surface area contributed by atoms with Gasteiger partial charge in [0.15, 0.2) is 16.7 Å². The van der Waals surface area contributed by atoms with Crippen LogP contribution in [0, 0.1) is 0 Å². The fourth-order valence-corrected chi connectivity index (χ4v) is 4.63. The van der Waals surface area contributed by atoms with Crippen LogP contribution in [-0.4, -0.2) is 63.5 Å². The maximum Gasteiger partial charge on any atom is 0.286 e. The Morgan fingerprint density at radius 2 is 1.52 bits per heavy atom. The molecule has 2 aromatic carbocycles. The van der Waals surface area contributed by atoms with Crippen molar-refractivity contribution in [2.45, 2.75) is 0 Å². The van der Waals surface area contributed by atoms with E-state index < -0.39 is 0 Å². The molecule has 8 heteroatoms. The lowest BCUT2D eigenvalue weighted by atomic mass is 10.1. The molecular formula is C23H25N3O4S. The number of carbonyl (C=O) groups excluding carboxylic acids is 1. The number of hydrogen-bond acceptors (Lipinski definition) is 7. The number of amidine groups is 1. The van der Waals surface area contributed by atoms with Crippen LogP contribution in [0.25, 0.3) is 6.08 Å². The van der Waals surface area contributed by atoms with Gasteiger partial charge in [0, 0.05) is 31.9 Å². The van der Waals surface area contributed by atoms with Crippen LogP contribution in [0.5, 0.6) is 17.2 Å². The van der Waals surface area contributed by atoms with Crippen molar-refractivity contribution in [2.75, 3.05) is 52.4 Å². The highest BCUT2D eigenvalue weighted by atomic mass is 32.2. The Labute approximate surface area is 186 Å². The number of aliphatic imine (C=N–C) groups is 1. The molecule has 0 aromatic heterocycles. The summed E-state index contributed by atoms with van der Waals surface area (Å²) < 4.78 is 16.2. The zero-order valence-electron chi connectivity index (χ0n) is 17.8. The van der Waals surface area contributed by atoms with Gasteiger partial charge in [0.2, 0.25) is 5.75 Å². The van der Waals surface area contributed by atoms with E-state index in [-0.39, 0.29) is 5.91 Å². The van der Waals surface area contributed by atoms with Gasteiger partial charge >= 0.3 is 0 Å². The average molecular weight is 440 g/mol. The first kappa shape index (κ1) is 21.1. The molecule has 2 heterocycles. The fourth-order valence-electron chi connectivity index (χ4n) is 3.66. The summed E-state index contributed by atoms with van der Waals surface area (Å²) in [6.07, 6.45) is 1.81. The van der Waals surface area contributed by atoms with Gasteiger partial charge < -0.3 is 24.0 Å². The van der Waals surface area contributed by atoms with E-state index in [2.05, 4.69) is 39.1 Å². The van der Waals surface area contributed by atoms with Crippen molar-refractivity contribution >= 4 is 34.6 Å². The van der Waals surface area contributed by atoms with Crippen LogP contribution >= 0.6 is 11.8 Å². The lowest BCUT2D eigenvalue weighted by Gasteiger charge is -2.36. The molecule has 4 rings (SSSR count). The molecule has 1 amide bonds. The highest BCUT2D eigenvalue weighted by molar-refractivity contribution is 8.18. The minimum atomic E-state index is -0.223. The van der Waals surface area contributed by atoms with E-state index in [1.165, 1.54) is 17.4 Å². The van der Waals surface area contributed by atoms with Crippen molar-refractivity contribution in [3.8, 4) is 17.2 Å². The minimum absolute atomic E-state index is 0.223. The molecule has 31 heavy (non-hydrogen) atoms. The van der Waals surface area contributed by atoms with Crippen LogP contribution in [0.1, 0.15) is 5.56 Å². The Balaban J connectivity index is 1.46. The summed E-state index contributed by atoms with van der Waals surface area (Å²) >= 11 is 1.41. The first-order chi connectivity index (χ1) is 15.1. The highest BCUT2D eigenvalue weighted by Gasteiger charge is 2.28. The van der Waals surface area contributed by atoms with E-state index in [1.54, 1.807) is 21.3 Å². The van der Waals surface area contributed by atoms with Crippen LogP contribution in [0.3, 0.4) is 0 Å². The Kier molecular flexibility index (Phi) is 6.36. The van der Waals surface area contributed by atoms with Gasteiger partial charge in [0.25, 0.3) is 5.91 Å². The number of methoxy groups -OCH3 is 3. The number of ether oxygens (including phenoxy) is 3. The van der Waals surface area contributed by atoms with Gasteiger partial charge in [-0.3, -0.25) is 4.79 Å². The van der Waals surface area contributed by atoms with E-state index in [9.17, 15) is 4.79 Å². The number of thioether (sulfide) groups is 1. The molecule has 162 valence electrons. The van der Waals surface area contributed by atoms with E-state index in [4.69, 9.17) is 14.2 Å². The molecule has 0 radical (unpaired) electrons. The zero-order chi connectivity index (χ0) is 21.8. The molecule has 0 N–H and O–H groups in total. The zero-order valence-corrected chi connectivity index (χ0v) is 18.6. The Morgan fingerprint density at radius 3 is 2.10 bits per heavy atom. The molecule has 0 atom stereocenters. The van der Waals surface area contributed by atoms with Gasteiger partial charge in [0.05, 0.1) is 26.2 Å². The summed E-state index contributed by atoms with van der Waals surface area (Å²) in [7, 11) is 4.70. The molecule has 0 spiro atoms. The van der Waals surface area contributed by atoms with Gasteiger partial charge in [-0.25, -0.2) is 0 Å². The first-order valence-electron chi connectivity index (χ1n) is 10.0. The number of rotatable bonds is 5. The monoisotopic (exact) mass is 439 g/mol. The molecule has 1 fully saturated rings. The van der Waals surface area contributed by atoms with Gasteiger partial charge in [-0.2, -0.15) is 4.99 Å². The Bertz CT molecular complexity index is 990. The minimum Gasteiger partial charge on any atom is -0.493 e. The third-order valence-corrected chi connectivity index (χ3v) is 6.31. The molecule has 0 bridgehead atoms. The standard InChI is InChI=1S/C23H25N3O4S/c1-28-18-13-16(14-19(29-2)21(18)30-3)15-20-22(27)24-23(31-20)26-11-9-25(10-12-26)17-7-5-4-6-8-17/h4-8,13-15H,9-12H2,1-3H3/b20-15+. The normalized spacial score (nSPS) is 17.7. The molecule has 1 saturated heterocycles. The number of piperazine rings is 1. The van der Waals surface area contributed by atoms with Crippen molar-refractivity contribution in [3.05, 3.63) is 52.9 Å². The van der Waals surface area contributed by atoms with Crippen LogP contribution in [0.15, 0.2) is 52.4 Å². The molecule has 0 aliphatic carbocycles. The summed E-state index contributed by atoms with van der Waals surface area (Å²) in [5.74, 6) is 1.38. The number of anilines is 1. The van der Waals surface area contributed by atoms with Crippen molar-refractivity contribution in [1.29, 1.82) is 0 Å². The van der Waals surface area contributed by atoms with Crippen LogP contribution in [0.2, 0.25) is 0 Å². The Hall–Kier alpha value is -3.13. The number of benzene rings is 2. The summed E-state index contributed by atoms with van der Waals surface area (Å²) in [6.45, 7) is 3.43. The quantitative estimate of drug-likeness (QED) is 0.661. The maximum absolute atomic E-state index is 12.5. The topological polar surface area (TPSA) is 63.6 Å². The van der Waals surface area contributed by atoms with Crippen LogP contribution in [-0.2, 0) is 4.79 Å². The van der Waals surface area contributed by atoms with Gasteiger partial charge in [0.1, 0.15) is 0 Å². The molecule has 2 aliphatic rings. The smallest absolute Gasteiger partial charge is 0.286 e. The summed E-state index contributed by atoms with van der Waals surface area (Å²) in [5.41, 5.74) is 2.01. The van der Waals surface area contributed by atoms with Gasteiger partial charge in [-0.05, 0) is 47.7 Å². The molecule has 2 aromatic rings. The second kappa shape index (κ2) is 9.34. The predicted octanol–water partition coefficient (Wildman–Crippen LogP) is 3.50. The number of amides is 1. The highest BCUT2D eigenvalue weighted by Crippen LogP contribution is 2.40. The van der Waals surface area contributed by atoms with Crippen molar-refractivity contribution in [3.63, 3.8) is 0 Å². The number of hydrogen-bond donors (Lipinski definition) is 0. The average Bonchev–Trinajstić information content (AvgIpc) is 3.19. The van der Waals surface area contributed by atoms with Crippen molar-refractivity contribution in [2.24, 2.45) is 4.99 Å². The van der Waals surface area contributed by atoms with E-state index in [0.717, 1.165) is 36.9 Å². The van der Waals surface area contributed by atoms with E-state index in [1.807, 2.05) is 24.3 Å². The third-order valence-electron chi connectivity index (χ3n) is 5.27. The third kappa shape index (κ3) is 4.49. The predicted molar refractivity (Wildman–Crippen MR) is 124 cm³/mol. The molecule has 0 saturated carbocycles. The van der Waals surface area contributed by atoms with Gasteiger partial charge in [-0.1, -0.05) is 18.2 Å². The lowest BCUT2D eigenvalue weighted by molar-refractivity contribution is -0.113. The summed E-state index contributed by atoms with van der Waals surface area (Å²) in [5, 5.41) is 0.761. The molecular weight excluding hydrogens is 414 g/mol. The fraction of sp³-hybridized carbons (Fsp3) is 0.304. The van der Waals surface area contributed by atoms with E-state index in [0.29, 0.717) is 22.2 Å². The number of carbonyl (C=O) groups is 1. The first-order valence-corrected chi connectivity index (χ1v) is 10.8. The largest absolute Gasteiger partial charge is 0.493 e. The summed E-state index contributed by atoms with van der Waals surface area (Å²) in [6, 6.07) is 14.0. The SMILES string of the molecule is COc1cc(/C=C2/SC(N3CCN(c4ccccc4)CC3)=NC2=O)cc(OC)c1OC. The van der Waals surface area contributed by atoms with Crippen LogP contribution < -0.4 is 19.1 Å². The van der Waals surface area contributed by atoms with E-state index >= 15 is 0 Å². The lowest BCUT2D eigenvalue weighted by Crippen LogP contribution is -2.47. The molecule has 7 nitrogen and oxygen atoms in total. The molecule has 2 aliphatic heterocycles. The molecule has 0 unspecified atom stereocenters. The van der Waals surface area contributed by atoms with Crippen molar-refractivity contribution in [1.82, 2.24) is 4.90 Å². The second-order valence-corrected chi connectivity index (χ2v) is 8.09. The van der Waals surface area contributed by atoms with Crippen LogP contribution in [0.4, 0.5) is 5.69 Å². The van der Waals surface area contributed by atoms with Crippen molar-refractivity contribution < 1.29 is 19.0 Å². The Morgan fingerprint density at radius 1 is 0.903 bits per heavy atom. The number of para-hydroxylation sites is 1. The summed E-state index contributed by atoms with van der Waals surface area (Å²) in [4.78, 5) is 22.0. The van der Waals surface area contributed by atoms with Gasteiger partial charge in [-0.15, -0.1) is 0 Å².